The van der Waals surface area contributed by atoms with Crippen molar-refractivity contribution in [3.05, 3.63) is 60.4 Å². The van der Waals surface area contributed by atoms with Crippen LogP contribution in [0.1, 0.15) is 12.0 Å². The molecule has 0 fully saturated rings. The summed E-state index contributed by atoms with van der Waals surface area (Å²) >= 11 is 1.72. The van der Waals surface area contributed by atoms with E-state index in [4.69, 9.17) is 0 Å². The molecule has 1 heterocycles. The average Bonchev–Trinajstić information content (AvgIpc) is 3.03. The van der Waals surface area contributed by atoms with Crippen LogP contribution in [0.15, 0.2) is 59.8 Å². The lowest BCUT2D eigenvalue weighted by atomic mass is 10.2. The van der Waals surface area contributed by atoms with Gasteiger partial charge in [-0.25, -0.2) is 4.98 Å². The number of amides is 1. The van der Waals surface area contributed by atoms with Crippen LogP contribution in [0, 0.1) is 0 Å². The maximum Gasteiger partial charge on any atom is 0.224 e. The lowest BCUT2D eigenvalue weighted by Crippen LogP contribution is -2.27. The molecule has 0 saturated carbocycles. The van der Waals surface area contributed by atoms with Crippen LogP contribution in [0.4, 0.5) is 0 Å². The Kier molecular flexibility index (Phi) is 5.20. The van der Waals surface area contributed by atoms with E-state index in [1.807, 2.05) is 35.9 Å². The fourth-order valence-electron chi connectivity index (χ4n) is 2.69. The Morgan fingerprint density at radius 3 is 2.67 bits per heavy atom. The molecule has 0 radical (unpaired) electrons. The molecule has 5 heteroatoms. The van der Waals surface area contributed by atoms with Crippen molar-refractivity contribution in [1.29, 1.82) is 0 Å². The molecule has 0 atom stereocenters. The highest BCUT2D eigenvalue weighted by molar-refractivity contribution is 7.98. The standard InChI is InChI=1S/C19H21N3OS/c1-21(13-15-7-9-16(24-2)10-8-15)19(23)11-12-22-14-20-17-5-3-4-6-18(17)22/h3-10,14H,11-13H2,1-2H3. The molecule has 1 amide bonds. The molecule has 1 aromatic heterocycles. The van der Waals surface area contributed by atoms with Gasteiger partial charge < -0.3 is 9.47 Å². The van der Waals surface area contributed by atoms with Crippen molar-refractivity contribution in [3.63, 3.8) is 0 Å². The van der Waals surface area contributed by atoms with E-state index in [0.29, 0.717) is 19.5 Å². The average molecular weight is 339 g/mol. The Hall–Kier alpha value is -2.27. The Morgan fingerprint density at radius 2 is 1.92 bits per heavy atom. The smallest absolute Gasteiger partial charge is 0.224 e. The summed E-state index contributed by atoms with van der Waals surface area (Å²) in [6.45, 7) is 1.28. The van der Waals surface area contributed by atoms with Crippen LogP contribution < -0.4 is 0 Å². The number of hydrogen-bond acceptors (Lipinski definition) is 3. The number of carbonyl (C=O) groups is 1. The Morgan fingerprint density at radius 1 is 1.17 bits per heavy atom. The third kappa shape index (κ3) is 3.79. The summed E-state index contributed by atoms with van der Waals surface area (Å²) < 4.78 is 2.04. The lowest BCUT2D eigenvalue weighted by molar-refractivity contribution is -0.130. The summed E-state index contributed by atoms with van der Waals surface area (Å²) in [6, 6.07) is 16.3. The molecule has 0 aliphatic heterocycles. The number of benzene rings is 2. The maximum atomic E-state index is 12.4. The molecule has 0 N–H and O–H groups in total. The van der Waals surface area contributed by atoms with Crippen molar-refractivity contribution < 1.29 is 4.79 Å². The first-order valence-corrected chi connectivity index (χ1v) is 9.16. The number of thioether (sulfide) groups is 1. The molecule has 0 spiro atoms. The van der Waals surface area contributed by atoms with E-state index in [2.05, 4.69) is 35.5 Å². The highest BCUT2D eigenvalue weighted by Gasteiger charge is 2.10. The van der Waals surface area contributed by atoms with Crippen molar-refractivity contribution in [2.24, 2.45) is 0 Å². The molecule has 124 valence electrons. The second kappa shape index (κ2) is 7.53. The first kappa shape index (κ1) is 16.6. The van der Waals surface area contributed by atoms with Crippen LogP contribution in [0.3, 0.4) is 0 Å². The van der Waals surface area contributed by atoms with Crippen molar-refractivity contribution >= 4 is 28.7 Å². The first-order valence-electron chi connectivity index (χ1n) is 7.94. The van der Waals surface area contributed by atoms with E-state index in [-0.39, 0.29) is 5.91 Å². The zero-order valence-corrected chi connectivity index (χ0v) is 14.8. The summed E-state index contributed by atoms with van der Waals surface area (Å²) in [5.41, 5.74) is 3.18. The molecule has 0 saturated heterocycles. The second-order valence-corrected chi connectivity index (χ2v) is 6.65. The highest BCUT2D eigenvalue weighted by atomic mass is 32.2. The zero-order valence-electron chi connectivity index (χ0n) is 14.0. The minimum Gasteiger partial charge on any atom is -0.341 e. The van der Waals surface area contributed by atoms with Crippen molar-refractivity contribution in [2.75, 3.05) is 13.3 Å². The normalized spacial score (nSPS) is 10.9. The van der Waals surface area contributed by atoms with E-state index in [9.17, 15) is 4.79 Å². The quantitative estimate of drug-likeness (QED) is 0.641. The summed E-state index contributed by atoms with van der Waals surface area (Å²) in [7, 11) is 1.86. The van der Waals surface area contributed by atoms with Crippen molar-refractivity contribution in [2.45, 2.75) is 24.4 Å². The van der Waals surface area contributed by atoms with Gasteiger partial charge in [0.1, 0.15) is 0 Å². The fourth-order valence-corrected chi connectivity index (χ4v) is 3.10. The van der Waals surface area contributed by atoms with Crippen molar-refractivity contribution in [1.82, 2.24) is 14.5 Å². The molecule has 0 aliphatic rings. The van der Waals surface area contributed by atoms with Gasteiger partial charge in [-0.05, 0) is 36.1 Å². The topological polar surface area (TPSA) is 38.1 Å². The first-order chi connectivity index (χ1) is 11.7. The molecule has 24 heavy (non-hydrogen) atoms. The summed E-state index contributed by atoms with van der Waals surface area (Å²) in [4.78, 5) is 19.8. The van der Waals surface area contributed by atoms with Crippen LogP contribution in [-0.2, 0) is 17.9 Å². The predicted molar refractivity (Wildman–Crippen MR) is 99.0 cm³/mol. The van der Waals surface area contributed by atoms with E-state index in [1.54, 1.807) is 23.0 Å². The fraction of sp³-hybridized carbons (Fsp3) is 0.263. The van der Waals surface area contributed by atoms with Gasteiger partial charge in [-0.1, -0.05) is 24.3 Å². The number of aromatic nitrogens is 2. The van der Waals surface area contributed by atoms with Gasteiger partial charge in [0, 0.05) is 31.5 Å². The molecule has 0 unspecified atom stereocenters. The maximum absolute atomic E-state index is 12.4. The third-order valence-electron chi connectivity index (χ3n) is 4.10. The largest absolute Gasteiger partial charge is 0.341 e. The minimum atomic E-state index is 0.140. The number of rotatable bonds is 6. The summed E-state index contributed by atoms with van der Waals surface area (Å²) in [5.74, 6) is 0.140. The summed E-state index contributed by atoms with van der Waals surface area (Å²) in [5, 5.41) is 0. The number of fused-ring (bicyclic) bond motifs is 1. The van der Waals surface area contributed by atoms with Gasteiger partial charge in [0.15, 0.2) is 0 Å². The van der Waals surface area contributed by atoms with Gasteiger partial charge in [0.2, 0.25) is 5.91 Å². The number of imidazole rings is 1. The van der Waals surface area contributed by atoms with E-state index >= 15 is 0 Å². The number of nitrogens with zero attached hydrogens (tertiary/aromatic N) is 3. The van der Waals surface area contributed by atoms with Gasteiger partial charge in [0.25, 0.3) is 0 Å². The number of carbonyl (C=O) groups excluding carboxylic acids is 1. The molecule has 3 aromatic rings. The van der Waals surface area contributed by atoms with Crippen LogP contribution >= 0.6 is 11.8 Å². The molecule has 3 rings (SSSR count). The van der Waals surface area contributed by atoms with Gasteiger partial charge in [0.05, 0.1) is 17.4 Å². The van der Waals surface area contributed by atoms with Crippen LogP contribution in [0.2, 0.25) is 0 Å². The third-order valence-corrected chi connectivity index (χ3v) is 4.84. The number of aryl methyl sites for hydroxylation is 1. The van der Waals surface area contributed by atoms with E-state index < -0.39 is 0 Å². The molecular formula is C19H21N3OS. The molecule has 2 aromatic carbocycles. The summed E-state index contributed by atoms with van der Waals surface area (Å²) in [6.07, 6.45) is 4.34. The van der Waals surface area contributed by atoms with Gasteiger partial charge in [-0.15, -0.1) is 11.8 Å². The van der Waals surface area contributed by atoms with Gasteiger partial charge in [-0.3, -0.25) is 4.79 Å². The van der Waals surface area contributed by atoms with Crippen LogP contribution in [0.5, 0.6) is 0 Å². The highest BCUT2D eigenvalue weighted by Crippen LogP contribution is 2.16. The SMILES string of the molecule is CSc1ccc(CN(C)C(=O)CCn2cnc3ccccc32)cc1. The van der Waals surface area contributed by atoms with Gasteiger partial charge in [-0.2, -0.15) is 0 Å². The van der Waals surface area contributed by atoms with Gasteiger partial charge >= 0.3 is 0 Å². The van der Waals surface area contributed by atoms with Crippen LogP contribution in [0.25, 0.3) is 11.0 Å². The molecule has 0 bridgehead atoms. The Balaban J connectivity index is 1.57. The van der Waals surface area contributed by atoms with Crippen LogP contribution in [-0.4, -0.2) is 33.7 Å². The minimum absolute atomic E-state index is 0.140. The Labute approximate surface area is 146 Å². The van der Waals surface area contributed by atoms with E-state index in [0.717, 1.165) is 16.6 Å². The molecular weight excluding hydrogens is 318 g/mol. The monoisotopic (exact) mass is 339 g/mol. The Bertz CT molecular complexity index is 826. The molecule has 4 nitrogen and oxygen atoms in total. The number of para-hydroxylation sites is 2. The zero-order chi connectivity index (χ0) is 16.9. The van der Waals surface area contributed by atoms with Crippen molar-refractivity contribution in [3.8, 4) is 0 Å². The lowest BCUT2D eigenvalue weighted by Gasteiger charge is -2.17. The number of hydrogen-bond donors (Lipinski definition) is 0. The second-order valence-electron chi connectivity index (χ2n) is 5.77. The predicted octanol–water partition coefficient (Wildman–Crippen LogP) is 3.81. The molecule has 0 aliphatic carbocycles. The van der Waals surface area contributed by atoms with E-state index in [1.165, 1.54) is 4.90 Å².